The number of nitrogens with zero attached hydrogens (tertiary/aromatic N) is 7. The first-order valence-corrected chi connectivity index (χ1v) is 14.3. The first-order valence-electron chi connectivity index (χ1n) is 15.8. The molecule has 0 saturated heterocycles. The molecule has 254 valence electrons. The lowest BCUT2D eigenvalue weighted by atomic mass is 9.59. The molecule has 1 spiro atoms. The second-order valence-corrected chi connectivity index (χ2v) is 11.7. The molecule has 4 aromatic heterocycles. The predicted molar refractivity (Wildman–Crippen MR) is 156 cm³/mol. The fraction of sp³-hybridized carbons (Fsp3) is 0.414. The minimum absolute atomic E-state index is 0.0133. The predicted octanol–water partition coefficient (Wildman–Crippen LogP) is 4.23. The van der Waals surface area contributed by atoms with Crippen LogP contribution in [0, 0.1) is 11.8 Å². The van der Waals surface area contributed by atoms with E-state index in [4.69, 9.17) is 14.0 Å². The number of carbonyl (C=O) groups excluding carboxylic acids is 2. The maximum atomic E-state index is 13.6. The number of aliphatic carboxylic acids is 1. The Balaban J connectivity index is 0.000000582. The number of anilines is 3. The molecule has 0 bridgehead atoms. The SMILES string of the molecule is O=C(O)C(F)(F)F.[2H]C([2H])([2H])N1C(=O)C2(CC(CNC(=O)C3CC3)C2)c2cc(Nc3ccc4c(n3)c(-c3cnn(C(F)(F)F)c3)nn4C)ncc21. The summed E-state index contributed by atoms with van der Waals surface area (Å²) in [5.41, 5.74) is 0.922. The number of aromatic nitrogens is 6. The number of pyridine rings is 2. The molecule has 2 saturated carbocycles. The molecule has 0 unspecified atom stereocenters. The zero-order chi connectivity index (χ0) is 37.3. The number of aryl methyl sites for hydroxylation is 1. The van der Waals surface area contributed by atoms with Gasteiger partial charge in [-0.05, 0) is 55.4 Å². The van der Waals surface area contributed by atoms with Gasteiger partial charge in [0.25, 0.3) is 0 Å². The van der Waals surface area contributed by atoms with Crippen LogP contribution in [-0.2, 0) is 33.1 Å². The van der Waals surface area contributed by atoms with Crippen molar-refractivity contribution < 1.29 is 49.9 Å². The van der Waals surface area contributed by atoms with Crippen LogP contribution in [0.1, 0.15) is 35.4 Å². The van der Waals surface area contributed by atoms with Gasteiger partial charge < -0.3 is 20.6 Å². The summed E-state index contributed by atoms with van der Waals surface area (Å²) in [4.78, 5) is 44.4. The van der Waals surface area contributed by atoms with E-state index in [1.165, 1.54) is 10.9 Å². The molecule has 4 aromatic rings. The summed E-state index contributed by atoms with van der Waals surface area (Å²) in [6, 6.07) is 5.00. The van der Waals surface area contributed by atoms with Crippen molar-refractivity contribution in [3.63, 3.8) is 0 Å². The van der Waals surface area contributed by atoms with Crippen molar-refractivity contribution in [1.29, 1.82) is 0 Å². The number of halogens is 6. The molecule has 0 radical (unpaired) electrons. The Morgan fingerprint density at radius 2 is 1.83 bits per heavy atom. The third-order valence-corrected chi connectivity index (χ3v) is 8.35. The monoisotopic (exact) mass is 682 g/mol. The minimum atomic E-state index is -5.08. The molecule has 0 atom stereocenters. The molecule has 7 rings (SSSR count). The zero-order valence-corrected chi connectivity index (χ0v) is 24.7. The van der Waals surface area contributed by atoms with Gasteiger partial charge in [-0.25, -0.2) is 14.8 Å². The lowest BCUT2D eigenvalue weighted by molar-refractivity contribution is -0.212. The zero-order valence-electron chi connectivity index (χ0n) is 27.7. The molecular formula is C29H27F6N9O4. The van der Waals surface area contributed by atoms with Gasteiger partial charge in [-0.1, -0.05) is 0 Å². The lowest BCUT2D eigenvalue weighted by Gasteiger charge is -2.44. The van der Waals surface area contributed by atoms with E-state index in [0.29, 0.717) is 47.6 Å². The van der Waals surface area contributed by atoms with Gasteiger partial charge in [0.15, 0.2) is 0 Å². The summed E-state index contributed by atoms with van der Waals surface area (Å²) >= 11 is 0. The average molecular weight is 683 g/mol. The van der Waals surface area contributed by atoms with Gasteiger partial charge in [-0.2, -0.15) is 28.1 Å². The van der Waals surface area contributed by atoms with Crippen LogP contribution < -0.4 is 15.5 Å². The molecule has 19 heteroatoms. The van der Waals surface area contributed by atoms with Crippen molar-refractivity contribution in [3.8, 4) is 11.3 Å². The number of amides is 2. The van der Waals surface area contributed by atoms with Crippen molar-refractivity contribution in [2.45, 2.75) is 43.6 Å². The largest absolute Gasteiger partial charge is 0.504 e. The highest BCUT2D eigenvalue weighted by Gasteiger charge is 2.57. The third-order valence-electron chi connectivity index (χ3n) is 8.35. The van der Waals surface area contributed by atoms with E-state index in [2.05, 4.69) is 30.8 Å². The van der Waals surface area contributed by atoms with E-state index in [1.807, 2.05) is 0 Å². The Hall–Kier alpha value is -5.23. The Morgan fingerprint density at radius 1 is 1.12 bits per heavy atom. The molecule has 2 amide bonds. The number of fused-ring (bicyclic) bond motifs is 3. The summed E-state index contributed by atoms with van der Waals surface area (Å²) in [5, 5.41) is 20.9. The number of alkyl halides is 6. The number of hydrogen-bond acceptors (Lipinski definition) is 8. The van der Waals surface area contributed by atoms with Crippen LogP contribution >= 0.6 is 0 Å². The number of carboxylic acids is 1. The fourth-order valence-corrected chi connectivity index (χ4v) is 5.83. The molecule has 3 aliphatic rings. The van der Waals surface area contributed by atoms with Crippen molar-refractivity contribution in [2.75, 3.05) is 23.7 Å². The number of likely N-dealkylation sites (N-methyl/N-ethyl adjacent to an activating group) is 1. The van der Waals surface area contributed by atoms with Crippen molar-refractivity contribution in [2.24, 2.45) is 18.9 Å². The average Bonchev–Trinajstić information content (AvgIpc) is 3.55. The Bertz CT molecular complexity index is 2040. The second-order valence-electron chi connectivity index (χ2n) is 11.7. The first-order chi connectivity index (χ1) is 23.7. The lowest BCUT2D eigenvalue weighted by Crippen LogP contribution is -2.51. The summed E-state index contributed by atoms with van der Waals surface area (Å²) in [6.07, 6.45) is -3.98. The third kappa shape index (κ3) is 5.99. The topological polar surface area (TPSA) is 160 Å². The Morgan fingerprint density at radius 3 is 2.44 bits per heavy atom. The number of carbonyl (C=O) groups is 3. The van der Waals surface area contributed by atoms with Gasteiger partial charge in [-0.15, -0.1) is 13.2 Å². The smallest absolute Gasteiger partial charge is 0.475 e. The van der Waals surface area contributed by atoms with Crippen molar-refractivity contribution >= 4 is 46.1 Å². The van der Waals surface area contributed by atoms with Gasteiger partial charge >= 0.3 is 18.4 Å². The minimum Gasteiger partial charge on any atom is -0.475 e. The summed E-state index contributed by atoms with van der Waals surface area (Å²) in [5.74, 6) is -2.57. The normalized spacial score (nSPS) is 21.5. The van der Waals surface area contributed by atoms with E-state index in [1.54, 1.807) is 25.2 Å². The molecule has 2 fully saturated rings. The van der Waals surface area contributed by atoms with Crippen LogP contribution in [0.25, 0.3) is 22.3 Å². The molecule has 0 aromatic carbocycles. The van der Waals surface area contributed by atoms with Crippen molar-refractivity contribution in [3.05, 3.63) is 42.4 Å². The second kappa shape index (κ2) is 11.5. The summed E-state index contributed by atoms with van der Waals surface area (Å²) in [6.45, 7) is -2.29. The molecular weight excluding hydrogens is 652 g/mol. The highest BCUT2D eigenvalue weighted by atomic mass is 19.4. The number of carboxylic acid groups (broad SMARTS) is 1. The van der Waals surface area contributed by atoms with Gasteiger partial charge in [0.2, 0.25) is 11.8 Å². The molecule has 2 aliphatic carbocycles. The standard InChI is InChI=1S/C27H26F3N9O2.C2HF3O2/c1-37-19-12-31-21(7-17(19)26(25(37)41)8-14(9-26)10-32-24(40)15-3-4-15)34-20-6-5-18-23(35-20)22(36-38(18)2)16-11-33-39(13-16)27(28,29)30;3-2(4,5)1(6)7/h5-7,11-15H,3-4,8-10H2,1-2H3,(H,32,40)(H,31,34,35);(H,6,7)/i1D3;. The quantitative estimate of drug-likeness (QED) is 0.253. The Kier molecular flexibility index (Phi) is 6.92. The summed E-state index contributed by atoms with van der Waals surface area (Å²) < 4.78 is 96.5. The number of hydrogen-bond donors (Lipinski definition) is 3. The molecule has 13 nitrogen and oxygen atoms in total. The van der Waals surface area contributed by atoms with Crippen LogP contribution in [0.3, 0.4) is 0 Å². The van der Waals surface area contributed by atoms with Gasteiger partial charge in [-0.3, -0.25) is 14.3 Å². The van der Waals surface area contributed by atoms with Crippen molar-refractivity contribution in [1.82, 2.24) is 34.8 Å². The first kappa shape index (κ1) is 29.0. The van der Waals surface area contributed by atoms with E-state index < -0.39 is 36.7 Å². The van der Waals surface area contributed by atoms with Crippen LogP contribution in [0.2, 0.25) is 0 Å². The molecule has 5 heterocycles. The van der Waals surface area contributed by atoms with E-state index in [9.17, 15) is 35.9 Å². The van der Waals surface area contributed by atoms with E-state index in [0.717, 1.165) is 30.1 Å². The van der Waals surface area contributed by atoms with Crippen LogP contribution in [-0.4, -0.2) is 72.1 Å². The van der Waals surface area contributed by atoms with E-state index in [-0.39, 0.29) is 39.4 Å². The highest BCUT2D eigenvalue weighted by Crippen LogP contribution is 2.55. The van der Waals surface area contributed by atoms with Crippen LogP contribution in [0.4, 0.5) is 43.7 Å². The maximum absolute atomic E-state index is 13.6. The van der Waals surface area contributed by atoms with Gasteiger partial charge in [0.05, 0.1) is 29.0 Å². The van der Waals surface area contributed by atoms with Gasteiger partial charge in [0.1, 0.15) is 22.8 Å². The van der Waals surface area contributed by atoms with E-state index >= 15 is 0 Å². The number of rotatable bonds is 6. The molecule has 48 heavy (non-hydrogen) atoms. The fourth-order valence-electron chi connectivity index (χ4n) is 5.83. The summed E-state index contributed by atoms with van der Waals surface area (Å²) in [7, 11) is 1.65. The van der Waals surface area contributed by atoms with Crippen LogP contribution in [0.5, 0.6) is 0 Å². The number of nitrogens with one attached hydrogen (secondary N) is 2. The Labute approximate surface area is 271 Å². The van der Waals surface area contributed by atoms with Crippen LogP contribution in [0.15, 0.2) is 36.8 Å². The molecule has 1 aliphatic heterocycles. The van der Waals surface area contributed by atoms with Gasteiger partial charge in [0, 0.05) is 42.4 Å². The highest BCUT2D eigenvalue weighted by molar-refractivity contribution is 6.08. The molecule has 3 N–H and O–H groups in total. The maximum Gasteiger partial charge on any atom is 0.504 e.